The first-order valence-corrected chi connectivity index (χ1v) is 6.89. The molecule has 0 spiro atoms. The van der Waals surface area contributed by atoms with E-state index < -0.39 is 0 Å². The molecule has 0 atom stereocenters. The van der Waals surface area contributed by atoms with E-state index in [9.17, 15) is 0 Å². The van der Waals surface area contributed by atoms with Crippen LogP contribution in [0.4, 0.5) is 0 Å². The highest BCUT2D eigenvalue weighted by Gasteiger charge is 2.13. The van der Waals surface area contributed by atoms with Crippen LogP contribution in [0.15, 0.2) is 49.9 Å². The maximum absolute atomic E-state index is 5.61. The molecule has 0 amide bonds. The van der Waals surface area contributed by atoms with Gasteiger partial charge in [0.15, 0.2) is 28.5 Å². The average Bonchev–Trinajstić information content (AvgIpc) is 3.14. The molecule has 108 valence electrons. The third-order valence-electron chi connectivity index (χ3n) is 2.67. The van der Waals surface area contributed by atoms with Crippen LogP contribution in [0.1, 0.15) is 5.89 Å². The molecule has 6 nitrogen and oxygen atoms in total. The van der Waals surface area contributed by atoms with E-state index >= 15 is 0 Å². The predicted octanol–water partition coefficient (Wildman–Crippen LogP) is 3.68. The summed E-state index contributed by atoms with van der Waals surface area (Å²) in [7, 11) is 1.59. The highest BCUT2D eigenvalue weighted by atomic mass is 79.9. The Morgan fingerprint density at radius 1 is 1.05 bits per heavy atom. The Morgan fingerprint density at radius 3 is 2.57 bits per heavy atom. The van der Waals surface area contributed by atoms with Crippen LogP contribution in [-0.4, -0.2) is 17.3 Å². The quantitative estimate of drug-likeness (QED) is 0.698. The van der Waals surface area contributed by atoms with Crippen LogP contribution in [0.25, 0.3) is 11.7 Å². The number of methoxy groups -OCH3 is 1. The molecule has 2 heterocycles. The lowest BCUT2D eigenvalue weighted by Gasteiger charge is -2.07. The molecule has 2 aromatic heterocycles. The van der Waals surface area contributed by atoms with Crippen LogP contribution in [-0.2, 0) is 6.61 Å². The summed E-state index contributed by atoms with van der Waals surface area (Å²) in [4.78, 5) is 0. The van der Waals surface area contributed by atoms with Gasteiger partial charge in [0.1, 0.15) is 0 Å². The molecule has 7 heteroatoms. The molecule has 1 aromatic carbocycles. The van der Waals surface area contributed by atoms with E-state index in [1.165, 1.54) is 0 Å². The fourth-order valence-electron chi connectivity index (χ4n) is 1.72. The largest absolute Gasteiger partial charge is 0.493 e. The van der Waals surface area contributed by atoms with Crippen molar-refractivity contribution in [2.45, 2.75) is 6.61 Å². The third kappa shape index (κ3) is 3.08. The first-order valence-electron chi connectivity index (χ1n) is 6.10. The van der Waals surface area contributed by atoms with Gasteiger partial charge in [-0.05, 0) is 40.2 Å². The highest BCUT2D eigenvalue weighted by molar-refractivity contribution is 9.10. The molecule has 0 aliphatic heterocycles. The zero-order chi connectivity index (χ0) is 14.7. The van der Waals surface area contributed by atoms with Crippen LogP contribution in [0.2, 0.25) is 0 Å². The minimum atomic E-state index is 0.148. The Labute approximate surface area is 128 Å². The summed E-state index contributed by atoms with van der Waals surface area (Å²) in [6.07, 6.45) is 0. The van der Waals surface area contributed by atoms with Crippen molar-refractivity contribution in [2.24, 2.45) is 0 Å². The van der Waals surface area contributed by atoms with Crippen LogP contribution in [0.3, 0.4) is 0 Å². The summed E-state index contributed by atoms with van der Waals surface area (Å²) in [5.74, 6) is 2.41. The van der Waals surface area contributed by atoms with Crippen LogP contribution in [0, 0.1) is 0 Å². The van der Waals surface area contributed by atoms with Crippen molar-refractivity contribution >= 4 is 15.9 Å². The van der Waals surface area contributed by atoms with Gasteiger partial charge in [-0.2, -0.15) is 0 Å². The minimum absolute atomic E-state index is 0.148. The van der Waals surface area contributed by atoms with E-state index in [1.807, 2.05) is 18.2 Å². The molecule has 0 aliphatic carbocycles. The van der Waals surface area contributed by atoms with Crippen LogP contribution < -0.4 is 9.47 Å². The van der Waals surface area contributed by atoms with E-state index in [-0.39, 0.29) is 6.61 Å². The van der Waals surface area contributed by atoms with E-state index in [1.54, 1.807) is 25.3 Å². The summed E-state index contributed by atoms with van der Waals surface area (Å²) in [5, 5.41) is 7.83. The summed E-state index contributed by atoms with van der Waals surface area (Å²) in [5.41, 5.74) is 0. The number of hydrogen-bond donors (Lipinski definition) is 0. The number of halogens is 1. The second-order valence-corrected chi connectivity index (χ2v) is 4.83. The third-order valence-corrected chi connectivity index (χ3v) is 3.10. The highest BCUT2D eigenvalue weighted by Crippen LogP contribution is 2.27. The van der Waals surface area contributed by atoms with E-state index in [2.05, 4.69) is 26.1 Å². The first kappa shape index (κ1) is 13.7. The maximum atomic E-state index is 5.61. The molecule has 0 fully saturated rings. The lowest BCUT2D eigenvalue weighted by molar-refractivity contribution is 0.250. The van der Waals surface area contributed by atoms with Crippen molar-refractivity contribution in [1.82, 2.24) is 10.2 Å². The van der Waals surface area contributed by atoms with Gasteiger partial charge in [0.25, 0.3) is 11.8 Å². The molecule has 0 radical (unpaired) electrons. The molecule has 3 aromatic rings. The topological polar surface area (TPSA) is 70.5 Å². The lowest BCUT2D eigenvalue weighted by Crippen LogP contribution is -1.97. The Morgan fingerprint density at radius 2 is 1.86 bits per heavy atom. The minimum Gasteiger partial charge on any atom is -0.493 e. The molecule has 0 aliphatic rings. The van der Waals surface area contributed by atoms with Crippen molar-refractivity contribution in [1.29, 1.82) is 0 Å². The molecular weight excluding hydrogens is 340 g/mol. The van der Waals surface area contributed by atoms with Gasteiger partial charge in [0.2, 0.25) is 0 Å². The molecule has 21 heavy (non-hydrogen) atoms. The van der Waals surface area contributed by atoms with Crippen molar-refractivity contribution in [2.75, 3.05) is 7.11 Å². The number of rotatable bonds is 5. The van der Waals surface area contributed by atoms with Gasteiger partial charge < -0.3 is 18.3 Å². The predicted molar refractivity (Wildman–Crippen MR) is 77.0 cm³/mol. The summed E-state index contributed by atoms with van der Waals surface area (Å²) < 4.78 is 22.2. The molecule has 0 saturated carbocycles. The number of nitrogens with zero attached hydrogens (tertiary/aromatic N) is 2. The number of ether oxygens (including phenoxy) is 2. The second kappa shape index (κ2) is 6.01. The smallest absolute Gasteiger partial charge is 0.283 e. The molecule has 3 rings (SSSR count). The summed E-state index contributed by atoms with van der Waals surface area (Å²) >= 11 is 3.22. The Balaban J connectivity index is 1.70. The maximum Gasteiger partial charge on any atom is 0.283 e. The first-order chi connectivity index (χ1) is 10.3. The van der Waals surface area contributed by atoms with Gasteiger partial charge >= 0.3 is 0 Å². The van der Waals surface area contributed by atoms with Crippen LogP contribution in [0.5, 0.6) is 11.5 Å². The number of hydrogen-bond acceptors (Lipinski definition) is 6. The second-order valence-electron chi connectivity index (χ2n) is 4.04. The van der Waals surface area contributed by atoms with Crippen molar-refractivity contribution in [3.8, 4) is 23.1 Å². The zero-order valence-corrected chi connectivity index (χ0v) is 12.7. The fraction of sp³-hybridized carbons (Fsp3) is 0.143. The van der Waals surface area contributed by atoms with Gasteiger partial charge in [0, 0.05) is 0 Å². The number of benzene rings is 1. The molecule has 0 saturated heterocycles. The summed E-state index contributed by atoms with van der Waals surface area (Å²) in [6, 6.07) is 10.8. The van der Waals surface area contributed by atoms with Crippen molar-refractivity contribution in [3.63, 3.8) is 0 Å². The van der Waals surface area contributed by atoms with Gasteiger partial charge in [0.05, 0.1) is 7.11 Å². The molecular formula is C14H11BrN2O4. The van der Waals surface area contributed by atoms with Gasteiger partial charge in [-0.1, -0.05) is 12.1 Å². The average molecular weight is 351 g/mol. The zero-order valence-electron chi connectivity index (χ0n) is 11.1. The van der Waals surface area contributed by atoms with E-state index in [0.717, 1.165) is 0 Å². The van der Waals surface area contributed by atoms with Gasteiger partial charge in [-0.25, -0.2) is 0 Å². The fourth-order valence-corrected chi connectivity index (χ4v) is 2.02. The van der Waals surface area contributed by atoms with Gasteiger partial charge in [-0.3, -0.25) is 0 Å². The Bertz CT molecular complexity index is 738. The SMILES string of the molecule is COc1ccccc1OCc1nnc(-c2ccc(Br)o2)o1. The number of para-hydroxylation sites is 2. The number of furan rings is 1. The molecule has 0 unspecified atom stereocenters. The Hall–Kier alpha value is -2.28. The Kier molecular flexibility index (Phi) is 3.92. The van der Waals surface area contributed by atoms with E-state index in [4.69, 9.17) is 18.3 Å². The normalized spacial score (nSPS) is 10.6. The summed E-state index contributed by atoms with van der Waals surface area (Å²) in [6.45, 7) is 0.148. The lowest BCUT2D eigenvalue weighted by atomic mass is 10.3. The number of aromatic nitrogens is 2. The standard InChI is InChI=1S/C14H11BrN2O4/c1-18-9-4-2-3-5-10(9)19-8-13-16-17-14(21-13)11-6-7-12(15)20-11/h2-7H,8H2,1H3. The molecule has 0 N–H and O–H groups in total. The molecule has 0 bridgehead atoms. The van der Waals surface area contributed by atoms with Crippen LogP contribution >= 0.6 is 15.9 Å². The van der Waals surface area contributed by atoms with E-state index in [0.29, 0.717) is 33.7 Å². The monoisotopic (exact) mass is 350 g/mol. The van der Waals surface area contributed by atoms with Crippen molar-refractivity contribution in [3.05, 3.63) is 47.0 Å². The van der Waals surface area contributed by atoms with Crippen molar-refractivity contribution < 1.29 is 18.3 Å². The van der Waals surface area contributed by atoms with Gasteiger partial charge in [-0.15, -0.1) is 10.2 Å².